The first-order valence-electron chi connectivity index (χ1n) is 12.1. The Kier molecular flexibility index (Phi) is 4.26. The van der Waals surface area contributed by atoms with E-state index in [9.17, 15) is 9.59 Å². The summed E-state index contributed by atoms with van der Waals surface area (Å²) in [4.78, 5) is 35.5. The third-order valence-corrected chi connectivity index (χ3v) is 5.69. The standard InChI is InChI=1S/C23H24FN7O2/c1-4-18(32)14-10-25-19(28-23(33)13-5-6-13)9-17(14)27-16-8-7-15(24)21-22(16)30(3)11-20-26-12(2)29-31(20)21/h7-10,13H,4-6,11H2,1-3H3,(H2,25,27,28,33)/i1D3. The largest absolute Gasteiger partial charge is 0.364 e. The average molecular weight is 453 g/mol. The Morgan fingerprint density at radius 2 is 2.09 bits per heavy atom. The van der Waals surface area contributed by atoms with Crippen LogP contribution in [0.4, 0.5) is 27.3 Å². The van der Waals surface area contributed by atoms with Crippen LogP contribution in [0.15, 0.2) is 24.4 Å². The summed E-state index contributed by atoms with van der Waals surface area (Å²) in [7, 11) is 1.78. The van der Waals surface area contributed by atoms with Gasteiger partial charge in [0.25, 0.3) is 0 Å². The monoisotopic (exact) mass is 452 g/mol. The minimum Gasteiger partial charge on any atom is -0.364 e. The second-order valence-electron chi connectivity index (χ2n) is 8.24. The number of benzene rings is 1. The first kappa shape index (κ1) is 17.7. The van der Waals surface area contributed by atoms with Gasteiger partial charge >= 0.3 is 0 Å². The van der Waals surface area contributed by atoms with Crippen LogP contribution in [0.5, 0.6) is 0 Å². The van der Waals surface area contributed by atoms with Crippen LogP contribution in [-0.4, -0.2) is 38.5 Å². The molecule has 33 heavy (non-hydrogen) atoms. The highest BCUT2D eigenvalue weighted by Crippen LogP contribution is 2.40. The number of nitrogens with one attached hydrogen (secondary N) is 2. The number of halogens is 1. The SMILES string of the molecule is [2H]C([2H])([2H])CC(=O)c1cnc(NC(=O)C2CC2)cc1Nc1ccc(F)c2c1N(C)Cc1nc(C)nn1-2. The molecule has 3 heterocycles. The van der Waals surface area contributed by atoms with Gasteiger partial charge < -0.3 is 15.5 Å². The number of fused-ring (bicyclic) bond motifs is 3. The molecule has 2 aliphatic rings. The molecule has 0 saturated heterocycles. The molecule has 0 bridgehead atoms. The number of pyridine rings is 1. The van der Waals surface area contributed by atoms with Gasteiger partial charge in [-0.2, -0.15) is 5.10 Å². The number of aromatic nitrogens is 4. The van der Waals surface area contributed by atoms with E-state index in [1.807, 2.05) is 4.90 Å². The van der Waals surface area contributed by atoms with E-state index in [1.54, 1.807) is 14.0 Å². The topological polar surface area (TPSA) is 105 Å². The second-order valence-corrected chi connectivity index (χ2v) is 8.24. The van der Waals surface area contributed by atoms with Crippen molar-refractivity contribution in [3.05, 3.63) is 47.4 Å². The lowest BCUT2D eigenvalue weighted by Gasteiger charge is -2.30. The maximum Gasteiger partial charge on any atom is 0.228 e. The summed E-state index contributed by atoms with van der Waals surface area (Å²) in [5.41, 5.74) is 1.44. The number of carbonyl (C=O) groups is 2. The Morgan fingerprint density at radius 1 is 1.27 bits per heavy atom. The number of carbonyl (C=O) groups excluding carboxylic acids is 2. The molecule has 2 N–H and O–H groups in total. The highest BCUT2D eigenvalue weighted by atomic mass is 19.1. The predicted octanol–water partition coefficient (Wildman–Crippen LogP) is 3.74. The van der Waals surface area contributed by atoms with E-state index < -0.39 is 24.9 Å². The van der Waals surface area contributed by atoms with E-state index in [1.165, 1.54) is 29.1 Å². The highest BCUT2D eigenvalue weighted by Gasteiger charge is 2.31. The van der Waals surface area contributed by atoms with Crippen molar-refractivity contribution in [1.29, 1.82) is 0 Å². The predicted molar refractivity (Wildman–Crippen MR) is 122 cm³/mol. The van der Waals surface area contributed by atoms with Crippen LogP contribution in [0.1, 0.15) is 52.2 Å². The van der Waals surface area contributed by atoms with Crippen LogP contribution in [-0.2, 0) is 11.3 Å². The molecule has 0 radical (unpaired) electrons. The normalized spacial score (nSPS) is 16.2. The van der Waals surface area contributed by atoms with E-state index in [-0.39, 0.29) is 34.6 Å². The van der Waals surface area contributed by atoms with Crippen molar-refractivity contribution in [3.8, 4) is 5.69 Å². The fourth-order valence-corrected chi connectivity index (χ4v) is 3.94. The van der Waals surface area contributed by atoms with Crippen LogP contribution in [0.25, 0.3) is 5.69 Å². The molecule has 9 nitrogen and oxygen atoms in total. The summed E-state index contributed by atoms with van der Waals surface area (Å²) in [5, 5.41) is 10.2. The maximum atomic E-state index is 15.0. The molecular weight excluding hydrogens is 425 g/mol. The second kappa shape index (κ2) is 7.95. The van der Waals surface area contributed by atoms with E-state index in [0.717, 1.165) is 12.8 Å². The number of aryl methyl sites for hydroxylation is 1. The van der Waals surface area contributed by atoms with Crippen molar-refractivity contribution in [2.24, 2.45) is 5.92 Å². The summed E-state index contributed by atoms with van der Waals surface area (Å²) in [6.07, 6.45) is 2.19. The van der Waals surface area contributed by atoms with Crippen molar-refractivity contribution in [2.45, 2.75) is 39.6 Å². The van der Waals surface area contributed by atoms with Gasteiger partial charge in [0.15, 0.2) is 17.4 Å². The maximum absolute atomic E-state index is 15.0. The fraction of sp³-hybridized carbons (Fsp3) is 0.348. The van der Waals surface area contributed by atoms with Crippen LogP contribution in [0, 0.1) is 18.7 Å². The quantitative estimate of drug-likeness (QED) is 0.549. The summed E-state index contributed by atoms with van der Waals surface area (Å²) in [6.45, 7) is -0.373. The number of hydrogen-bond donors (Lipinski definition) is 2. The van der Waals surface area contributed by atoms with Gasteiger partial charge in [-0.15, -0.1) is 0 Å². The molecule has 3 aromatic rings. The van der Waals surface area contributed by atoms with Crippen LogP contribution in [0.2, 0.25) is 0 Å². The molecule has 0 atom stereocenters. The summed E-state index contributed by atoms with van der Waals surface area (Å²) < 4.78 is 38.9. The van der Waals surface area contributed by atoms with Gasteiger partial charge in [-0.25, -0.2) is 19.0 Å². The smallest absolute Gasteiger partial charge is 0.228 e. The Bertz CT molecular complexity index is 1380. The number of amides is 1. The average Bonchev–Trinajstić information content (AvgIpc) is 3.56. The molecule has 2 aromatic heterocycles. The minimum absolute atomic E-state index is 0.0457. The number of ketones is 1. The van der Waals surface area contributed by atoms with Crippen molar-refractivity contribution >= 4 is 34.6 Å². The molecule has 0 spiro atoms. The third-order valence-electron chi connectivity index (χ3n) is 5.69. The number of rotatable bonds is 6. The third kappa shape index (κ3) is 3.81. The minimum atomic E-state index is -2.47. The lowest BCUT2D eigenvalue weighted by molar-refractivity contribution is -0.117. The molecule has 1 saturated carbocycles. The van der Waals surface area contributed by atoms with Crippen LogP contribution >= 0.6 is 0 Å². The van der Waals surface area contributed by atoms with Gasteiger partial charge in [-0.05, 0) is 31.9 Å². The van der Waals surface area contributed by atoms with Crippen LogP contribution in [0.3, 0.4) is 0 Å². The molecular formula is C23H24FN7O2. The van der Waals surface area contributed by atoms with Crippen molar-refractivity contribution < 1.29 is 18.1 Å². The summed E-state index contributed by atoms with van der Waals surface area (Å²) >= 11 is 0. The number of hydrogen-bond acceptors (Lipinski definition) is 7. The van der Waals surface area contributed by atoms with E-state index in [2.05, 4.69) is 25.7 Å². The first-order chi connectivity index (χ1) is 17.0. The summed E-state index contributed by atoms with van der Waals surface area (Å²) in [5.74, 6) is -0.0463. The Hall–Kier alpha value is -3.82. The lowest BCUT2D eigenvalue weighted by Crippen LogP contribution is -2.28. The number of nitrogens with zero attached hydrogens (tertiary/aromatic N) is 5. The fourth-order valence-electron chi connectivity index (χ4n) is 3.94. The van der Waals surface area contributed by atoms with Gasteiger partial charge in [-0.3, -0.25) is 9.59 Å². The molecule has 1 amide bonds. The van der Waals surface area contributed by atoms with E-state index >= 15 is 4.39 Å². The van der Waals surface area contributed by atoms with E-state index in [0.29, 0.717) is 29.6 Å². The molecule has 10 heteroatoms. The molecule has 5 rings (SSSR count). The molecule has 1 fully saturated rings. The van der Waals surface area contributed by atoms with Gasteiger partial charge in [0.05, 0.1) is 29.2 Å². The van der Waals surface area contributed by atoms with Gasteiger partial charge in [-0.1, -0.05) is 6.85 Å². The molecule has 170 valence electrons. The van der Waals surface area contributed by atoms with Gasteiger partial charge in [0.2, 0.25) is 5.91 Å². The highest BCUT2D eigenvalue weighted by molar-refractivity contribution is 6.03. The Labute approximate surface area is 194 Å². The van der Waals surface area contributed by atoms with Crippen molar-refractivity contribution in [3.63, 3.8) is 0 Å². The van der Waals surface area contributed by atoms with Crippen molar-refractivity contribution in [2.75, 3.05) is 22.6 Å². The molecule has 0 unspecified atom stereocenters. The molecule has 1 aromatic carbocycles. The Balaban J connectivity index is 1.57. The lowest BCUT2D eigenvalue weighted by atomic mass is 10.1. The van der Waals surface area contributed by atoms with E-state index in [4.69, 9.17) is 4.11 Å². The van der Waals surface area contributed by atoms with Crippen LogP contribution < -0.4 is 15.5 Å². The zero-order valence-corrected chi connectivity index (χ0v) is 18.1. The van der Waals surface area contributed by atoms with Gasteiger partial charge in [0.1, 0.15) is 17.3 Å². The van der Waals surface area contributed by atoms with Crippen molar-refractivity contribution in [1.82, 2.24) is 19.7 Å². The zero-order valence-electron chi connectivity index (χ0n) is 21.1. The first-order valence-corrected chi connectivity index (χ1v) is 10.6. The molecule has 1 aliphatic heterocycles. The Morgan fingerprint density at radius 3 is 2.85 bits per heavy atom. The number of Topliss-reactive ketones (excluding diaryl/α,β-unsaturated/α-hetero) is 1. The molecule has 1 aliphatic carbocycles. The summed E-state index contributed by atoms with van der Waals surface area (Å²) in [6, 6.07) is 4.29. The van der Waals surface area contributed by atoms with Gasteiger partial charge in [0, 0.05) is 35.8 Å². The zero-order chi connectivity index (χ0) is 25.8. The number of anilines is 4.